The summed E-state index contributed by atoms with van der Waals surface area (Å²) in [5, 5.41) is 25.3. The number of nitrogens with zero attached hydrogens (tertiary/aromatic N) is 2. The van der Waals surface area contributed by atoms with E-state index in [1.165, 1.54) is 25.7 Å². The van der Waals surface area contributed by atoms with Crippen LogP contribution in [-0.4, -0.2) is 57.0 Å². The van der Waals surface area contributed by atoms with Crippen molar-refractivity contribution in [2.75, 3.05) is 19.8 Å². The van der Waals surface area contributed by atoms with Gasteiger partial charge >= 0.3 is 0 Å². The van der Waals surface area contributed by atoms with Crippen molar-refractivity contribution in [3.05, 3.63) is 114 Å². The lowest BCUT2D eigenvalue weighted by atomic mass is 9.56. The topological polar surface area (TPSA) is 103 Å². The average Bonchev–Trinajstić information content (AvgIpc) is 3.72. The number of allylic oxidation sites excluding steroid dienone is 1. The second kappa shape index (κ2) is 19.0. The Balaban J connectivity index is 1.35. The largest absolute Gasteiger partial charge is 0.487 e. The summed E-state index contributed by atoms with van der Waals surface area (Å²) >= 11 is 2.02. The van der Waals surface area contributed by atoms with E-state index in [0.717, 1.165) is 83.8 Å². The maximum absolute atomic E-state index is 9.93. The standard InChI is InChI=1S/C46H58N2O6S/c1-3-26-52-46-43(55-37-19-7-8-20-37)29-41(48-53-30-33-15-5-4-6-16-33)39-27-34(17-9-11-24-49)38(21-10-12-25-50)44(45(39)46)40-28-36(22-23-42(40)54-46)51-31-35-18-13-14-32(2)47-35/h3-6,13-16,18,22-23,27-28,34,37-38,43-45,49-50H,1,7-12,17,19-21,24-26,29-31H2,2H3. The fourth-order valence-corrected chi connectivity index (χ4v) is 11.2. The molecule has 2 heterocycles. The smallest absolute Gasteiger partial charge is 0.230 e. The van der Waals surface area contributed by atoms with Gasteiger partial charge in [0.15, 0.2) is 0 Å². The van der Waals surface area contributed by atoms with Crippen LogP contribution < -0.4 is 9.47 Å². The van der Waals surface area contributed by atoms with E-state index in [1.54, 1.807) is 0 Å². The quantitative estimate of drug-likeness (QED) is 0.0707. The molecule has 294 valence electrons. The number of thioether (sulfide) groups is 1. The van der Waals surface area contributed by atoms with Crippen LogP contribution in [0.4, 0.5) is 0 Å². The normalized spacial score (nSPS) is 26.5. The van der Waals surface area contributed by atoms with Gasteiger partial charge in [-0.15, -0.1) is 18.3 Å². The molecule has 2 fully saturated rings. The van der Waals surface area contributed by atoms with Crippen LogP contribution in [0.3, 0.4) is 0 Å². The number of aliphatic hydroxyl groups excluding tert-OH is 2. The average molecular weight is 767 g/mol. The molecule has 4 aliphatic rings. The molecule has 55 heavy (non-hydrogen) atoms. The van der Waals surface area contributed by atoms with Crippen LogP contribution in [0.1, 0.15) is 99.1 Å². The molecule has 0 amide bonds. The van der Waals surface area contributed by atoms with Crippen molar-refractivity contribution in [3.63, 3.8) is 0 Å². The summed E-state index contributed by atoms with van der Waals surface area (Å²) in [4.78, 5) is 10.9. The van der Waals surface area contributed by atoms with Crippen molar-refractivity contribution in [2.24, 2.45) is 22.9 Å². The molecule has 2 N–H and O–H groups in total. The molecule has 9 heteroatoms. The minimum atomic E-state index is -0.956. The van der Waals surface area contributed by atoms with Gasteiger partial charge in [0.2, 0.25) is 5.79 Å². The second-order valence-electron chi connectivity index (χ2n) is 15.6. The van der Waals surface area contributed by atoms with Gasteiger partial charge in [-0.05, 0) is 98.8 Å². The maximum atomic E-state index is 9.93. The van der Waals surface area contributed by atoms with Gasteiger partial charge in [-0.1, -0.05) is 79.4 Å². The zero-order chi connectivity index (χ0) is 38.0. The molecular formula is C46H58N2O6S. The molecule has 0 bridgehead atoms. The molecule has 0 radical (unpaired) electrons. The number of aryl methyl sites for hydroxylation is 1. The highest BCUT2D eigenvalue weighted by Gasteiger charge is 2.64. The van der Waals surface area contributed by atoms with Crippen LogP contribution in [-0.2, 0) is 22.8 Å². The van der Waals surface area contributed by atoms with E-state index in [2.05, 4.69) is 41.9 Å². The lowest BCUT2D eigenvalue weighted by molar-refractivity contribution is -0.223. The summed E-state index contributed by atoms with van der Waals surface area (Å²) in [6, 6.07) is 22.5. The summed E-state index contributed by atoms with van der Waals surface area (Å²) in [5.74, 6) is 0.994. The Morgan fingerprint density at radius 1 is 0.964 bits per heavy atom. The Labute approximate surface area is 331 Å². The van der Waals surface area contributed by atoms with Crippen LogP contribution in [0.5, 0.6) is 11.5 Å². The number of rotatable bonds is 19. The van der Waals surface area contributed by atoms with E-state index in [9.17, 15) is 10.2 Å². The van der Waals surface area contributed by atoms with Crippen LogP contribution in [0, 0.1) is 24.7 Å². The minimum absolute atomic E-state index is 0.0262. The first-order valence-corrected chi connectivity index (χ1v) is 21.4. The number of unbranched alkanes of at least 4 members (excludes halogenated alkanes) is 2. The zero-order valence-electron chi connectivity index (χ0n) is 32.3. The fourth-order valence-electron chi connectivity index (χ4n) is 9.39. The van der Waals surface area contributed by atoms with Crippen molar-refractivity contribution in [1.29, 1.82) is 0 Å². The van der Waals surface area contributed by atoms with E-state index in [1.807, 2.05) is 67.2 Å². The molecule has 0 saturated heterocycles. The van der Waals surface area contributed by atoms with Gasteiger partial charge in [0.25, 0.3) is 0 Å². The molecule has 3 aromatic rings. The van der Waals surface area contributed by atoms with Crippen LogP contribution in [0.25, 0.3) is 0 Å². The highest BCUT2D eigenvalue weighted by atomic mass is 32.2. The number of hydrogen-bond acceptors (Lipinski definition) is 9. The number of hydrogen-bond donors (Lipinski definition) is 2. The first kappa shape index (κ1) is 39.6. The summed E-state index contributed by atoms with van der Waals surface area (Å²) in [7, 11) is 0. The zero-order valence-corrected chi connectivity index (χ0v) is 33.1. The van der Waals surface area contributed by atoms with Crippen molar-refractivity contribution in [2.45, 2.75) is 113 Å². The highest BCUT2D eigenvalue weighted by molar-refractivity contribution is 8.00. The van der Waals surface area contributed by atoms with E-state index in [4.69, 9.17) is 24.2 Å². The molecule has 6 atom stereocenters. The third-order valence-corrected chi connectivity index (χ3v) is 13.5. The van der Waals surface area contributed by atoms with Crippen molar-refractivity contribution in [1.82, 2.24) is 4.98 Å². The van der Waals surface area contributed by atoms with E-state index < -0.39 is 5.79 Å². The van der Waals surface area contributed by atoms with Crippen molar-refractivity contribution < 1.29 is 29.3 Å². The number of fused-ring (bicyclic) bond motifs is 2. The first-order chi connectivity index (χ1) is 27.0. The summed E-state index contributed by atoms with van der Waals surface area (Å²) in [6.45, 7) is 7.55. The van der Waals surface area contributed by atoms with Crippen LogP contribution in [0.2, 0.25) is 0 Å². The van der Waals surface area contributed by atoms with Gasteiger partial charge in [0.1, 0.15) is 24.7 Å². The molecule has 8 nitrogen and oxygen atoms in total. The predicted octanol–water partition coefficient (Wildman–Crippen LogP) is 9.48. The number of benzene rings is 2. The third-order valence-electron chi connectivity index (χ3n) is 11.9. The van der Waals surface area contributed by atoms with Gasteiger partial charge in [-0.3, -0.25) is 4.98 Å². The van der Waals surface area contributed by atoms with E-state index in [0.29, 0.717) is 31.5 Å². The number of oxime groups is 1. The Kier molecular flexibility index (Phi) is 13.7. The van der Waals surface area contributed by atoms with Gasteiger partial charge in [-0.2, -0.15) is 0 Å². The lowest BCUT2D eigenvalue weighted by Gasteiger charge is -2.58. The number of pyridine rings is 1. The molecule has 3 aliphatic carbocycles. The highest BCUT2D eigenvalue weighted by Crippen LogP contribution is 2.63. The Hall–Kier alpha value is -3.63. The Morgan fingerprint density at radius 3 is 2.53 bits per heavy atom. The number of aliphatic hydroxyl groups is 2. The Morgan fingerprint density at radius 2 is 1.76 bits per heavy atom. The Bertz CT molecular complexity index is 1780. The van der Waals surface area contributed by atoms with Crippen molar-refractivity contribution in [3.8, 4) is 11.5 Å². The predicted molar refractivity (Wildman–Crippen MR) is 219 cm³/mol. The molecule has 7 rings (SSSR count). The summed E-state index contributed by atoms with van der Waals surface area (Å²) < 4.78 is 20.9. The molecule has 2 saturated carbocycles. The number of aromatic nitrogens is 1. The molecule has 1 aromatic heterocycles. The molecular weight excluding hydrogens is 709 g/mol. The maximum Gasteiger partial charge on any atom is 0.230 e. The van der Waals surface area contributed by atoms with Crippen molar-refractivity contribution >= 4 is 17.5 Å². The summed E-state index contributed by atoms with van der Waals surface area (Å²) in [6.07, 6.45) is 15.1. The monoisotopic (exact) mass is 766 g/mol. The fraction of sp³-hybridized carbons (Fsp3) is 0.522. The summed E-state index contributed by atoms with van der Waals surface area (Å²) in [5.41, 5.74) is 6.18. The van der Waals surface area contributed by atoms with Gasteiger partial charge in [0, 0.05) is 42.1 Å². The van der Waals surface area contributed by atoms with Gasteiger partial charge < -0.3 is 29.3 Å². The SMILES string of the molecule is C=CCOC12Oc3ccc(OCc4cccc(C)n4)cc3C3C(CCCCO)C(CCCCO)C=C(C(=NOCc4ccccc4)CC1SC1CCCC1)C32. The number of ether oxygens (including phenoxy) is 3. The molecule has 6 unspecified atom stereocenters. The third kappa shape index (κ3) is 9.17. The second-order valence-corrected chi connectivity index (χ2v) is 17.1. The minimum Gasteiger partial charge on any atom is -0.487 e. The molecule has 0 spiro atoms. The molecule has 1 aliphatic heterocycles. The van der Waals surface area contributed by atoms with Crippen LogP contribution in [0.15, 0.2) is 96.2 Å². The molecule has 2 aromatic carbocycles. The lowest BCUT2D eigenvalue weighted by Crippen LogP contribution is -2.64. The van der Waals surface area contributed by atoms with Gasteiger partial charge in [-0.25, -0.2) is 0 Å². The van der Waals surface area contributed by atoms with E-state index in [-0.39, 0.29) is 42.1 Å². The van der Waals surface area contributed by atoms with Crippen LogP contribution >= 0.6 is 11.8 Å². The van der Waals surface area contributed by atoms with E-state index >= 15 is 0 Å². The van der Waals surface area contributed by atoms with Gasteiger partial charge in [0.05, 0.1) is 29.2 Å². The first-order valence-electron chi connectivity index (χ1n) is 20.5.